The summed E-state index contributed by atoms with van der Waals surface area (Å²) in [4.78, 5) is 13.2. The zero-order valence-electron chi connectivity index (χ0n) is 14.9. The number of hydrogen-bond acceptors (Lipinski definition) is 4. The number of ether oxygens (including phenoxy) is 2. The molecule has 4 nitrogen and oxygen atoms in total. The van der Waals surface area contributed by atoms with E-state index < -0.39 is 5.60 Å². The van der Waals surface area contributed by atoms with Crippen molar-refractivity contribution in [1.29, 1.82) is 5.26 Å². The van der Waals surface area contributed by atoms with Crippen LogP contribution < -0.4 is 4.74 Å². The lowest BCUT2D eigenvalue weighted by molar-refractivity contribution is -0.0790. The summed E-state index contributed by atoms with van der Waals surface area (Å²) >= 11 is 6.12. The highest BCUT2D eigenvalue weighted by molar-refractivity contribution is 6.30. The Morgan fingerprint density at radius 3 is 2.67 bits per heavy atom. The van der Waals surface area contributed by atoms with Crippen molar-refractivity contribution >= 4 is 17.4 Å². The molecule has 138 valence electrons. The van der Waals surface area contributed by atoms with Gasteiger partial charge < -0.3 is 9.47 Å². The van der Waals surface area contributed by atoms with Crippen molar-refractivity contribution in [3.8, 4) is 22.9 Å². The fraction of sp³-hybridized carbons (Fsp3) is 0.364. The molecule has 1 spiro atoms. The number of carbonyl (C=O) groups is 1. The lowest BCUT2D eigenvalue weighted by Gasteiger charge is -2.46. The van der Waals surface area contributed by atoms with Gasteiger partial charge in [0.15, 0.2) is 5.78 Å². The first kappa shape index (κ1) is 18.0. The minimum absolute atomic E-state index is 0.0750. The molecule has 2 aromatic rings. The number of carbonyl (C=O) groups excluding carboxylic acids is 1. The molecular formula is C22H20ClNO3. The molecule has 0 amide bonds. The maximum atomic E-state index is 13.2. The second-order valence-electron chi connectivity index (χ2n) is 7.11. The number of nitrogens with zero attached hydrogens (tertiary/aromatic N) is 1. The van der Waals surface area contributed by atoms with E-state index in [2.05, 4.69) is 6.07 Å². The molecule has 2 aliphatic heterocycles. The van der Waals surface area contributed by atoms with Gasteiger partial charge in [0.1, 0.15) is 11.4 Å². The van der Waals surface area contributed by atoms with Crippen LogP contribution in [0, 0.1) is 17.2 Å². The van der Waals surface area contributed by atoms with Gasteiger partial charge in [-0.2, -0.15) is 5.26 Å². The normalized spacial score (nSPS) is 20.6. The van der Waals surface area contributed by atoms with E-state index in [0.717, 1.165) is 11.1 Å². The standard InChI is InChI=1S/C22H20ClNO3/c23-17-4-1-3-15(13-17)16-6-7-18-20(14-16)27-22(8-11-26-12-9-22)19(21(18)25)5-2-10-24/h1,3-4,6-7,13-14,19H,2,5,8-9,11-12H2. The number of nitriles is 1. The third-order valence-electron chi connectivity index (χ3n) is 5.55. The fourth-order valence-corrected chi connectivity index (χ4v) is 4.34. The van der Waals surface area contributed by atoms with Crippen LogP contribution in [0.1, 0.15) is 36.0 Å². The largest absolute Gasteiger partial charge is 0.486 e. The minimum atomic E-state index is -0.577. The van der Waals surface area contributed by atoms with Crippen LogP contribution in [0.25, 0.3) is 11.1 Å². The summed E-state index contributed by atoms with van der Waals surface area (Å²) in [6.07, 6.45) is 2.19. The molecule has 1 fully saturated rings. The van der Waals surface area contributed by atoms with Crippen molar-refractivity contribution in [2.24, 2.45) is 5.92 Å². The van der Waals surface area contributed by atoms with Gasteiger partial charge in [-0.05, 0) is 41.8 Å². The summed E-state index contributed by atoms with van der Waals surface area (Å²) in [6.45, 7) is 1.14. The Balaban J connectivity index is 1.75. The maximum absolute atomic E-state index is 13.2. The van der Waals surface area contributed by atoms with Gasteiger partial charge in [-0.25, -0.2) is 0 Å². The summed E-state index contributed by atoms with van der Waals surface area (Å²) < 4.78 is 12.0. The molecule has 2 heterocycles. The molecule has 5 heteroatoms. The second-order valence-corrected chi connectivity index (χ2v) is 7.55. The molecule has 0 radical (unpaired) electrons. The zero-order chi connectivity index (χ0) is 18.9. The Morgan fingerprint density at radius 2 is 1.93 bits per heavy atom. The molecule has 2 aromatic carbocycles. The second kappa shape index (κ2) is 7.34. The maximum Gasteiger partial charge on any atom is 0.173 e. The SMILES string of the molecule is N#CCCC1C(=O)c2ccc(-c3cccc(Cl)c3)cc2OC12CCOCC2. The third kappa shape index (κ3) is 3.34. The molecular weight excluding hydrogens is 362 g/mol. The van der Waals surface area contributed by atoms with Gasteiger partial charge in [0, 0.05) is 24.3 Å². The van der Waals surface area contributed by atoms with E-state index in [1.165, 1.54) is 0 Å². The van der Waals surface area contributed by atoms with Crippen molar-refractivity contribution in [2.75, 3.05) is 13.2 Å². The average Bonchev–Trinajstić information content (AvgIpc) is 2.68. The molecule has 0 aliphatic carbocycles. The van der Waals surface area contributed by atoms with Crippen molar-refractivity contribution in [3.63, 3.8) is 0 Å². The Morgan fingerprint density at radius 1 is 1.15 bits per heavy atom. The van der Waals surface area contributed by atoms with E-state index in [-0.39, 0.29) is 11.7 Å². The molecule has 0 saturated carbocycles. The number of ketones is 1. The topological polar surface area (TPSA) is 59.3 Å². The van der Waals surface area contributed by atoms with E-state index in [1.54, 1.807) is 0 Å². The van der Waals surface area contributed by atoms with Crippen LogP contribution in [0.5, 0.6) is 5.75 Å². The van der Waals surface area contributed by atoms with E-state index in [9.17, 15) is 4.79 Å². The summed E-state index contributed by atoms with van der Waals surface area (Å²) in [5.74, 6) is 0.393. The quantitative estimate of drug-likeness (QED) is 0.746. The Bertz CT molecular complexity index is 912. The Kier molecular flexibility index (Phi) is 4.90. The van der Waals surface area contributed by atoms with Gasteiger partial charge in [0.25, 0.3) is 0 Å². The minimum Gasteiger partial charge on any atom is -0.486 e. The highest BCUT2D eigenvalue weighted by atomic mass is 35.5. The Hall–Kier alpha value is -2.35. The molecule has 2 aliphatic rings. The fourth-order valence-electron chi connectivity index (χ4n) is 4.15. The summed E-state index contributed by atoms with van der Waals surface area (Å²) in [5.41, 5.74) is 1.96. The number of hydrogen-bond donors (Lipinski definition) is 0. The van der Waals surface area contributed by atoms with Crippen LogP contribution in [0.15, 0.2) is 42.5 Å². The number of benzene rings is 2. The molecule has 4 rings (SSSR count). The number of Topliss-reactive ketones (excluding diaryl/α,β-unsaturated/α-hetero) is 1. The highest BCUT2D eigenvalue weighted by Crippen LogP contribution is 2.45. The number of halogens is 1. The van der Waals surface area contributed by atoms with Gasteiger partial charge in [-0.1, -0.05) is 29.8 Å². The van der Waals surface area contributed by atoms with Crippen molar-refractivity contribution in [3.05, 3.63) is 53.1 Å². The monoisotopic (exact) mass is 381 g/mol. The van der Waals surface area contributed by atoms with Gasteiger partial charge in [-0.15, -0.1) is 0 Å². The van der Waals surface area contributed by atoms with E-state index in [1.807, 2.05) is 42.5 Å². The van der Waals surface area contributed by atoms with Crippen LogP contribution >= 0.6 is 11.6 Å². The van der Waals surface area contributed by atoms with Crippen LogP contribution in [0.4, 0.5) is 0 Å². The molecule has 1 atom stereocenters. The molecule has 0 aromatic heterocycles. The smallest absolute Gasteiger partial charge is 0.173 e. The van der Waals surface area contributed by atoms with E-state index >= 15 is 0 Å². The molecule has 1 saturated heterocycles. The molecule has 0 N–H and O–H groups in total. The van der Waals surface area contributed by atoms with Crippen LogP contribution in [-0.2, 0) is 4.74 Å². The lowest BCUT2D eigenvalue weighted by Crippen LogP contribution is -2.53. The summed E-state index contributed by atoms with van der Waals surface area (Å²) in [7, 11) is 0. The first-order valence-corrected chi connectivity index (χ1v) is 9.59. The lowest BCUT2D eigenvalue weighted by atomic mass is 9.72. The van der Waals surface area contributed by atoms with Gasteiger partial charge in [-0.3, -0.25) is 4.79 Å². The molecule has 27 heavy (non-hydrogen) atoms. The average molecular weight is 382 g/mol. The first-order valence-electron chi connectivity index (χ1n) is 9.21. The van der Waals surface area contributed by atoms with Crippen LogP contribution in [-0.4, -0.2) is 24.6 Å². The predicted molar refractivity (Wildman–Crippen MR) is 103 cm³/mol. The van der Waals surface area contributed by atoms with Gasteiger partial charge in [0.05, 0.1) is 30.8 Å². The summed E-state index contributed by atoms with van der Waals surface area (Å²) in [5, 5.41) is 9.68. The zero-order valence-corrected chi connectivity index (χ0v) is 15.7. The predicted octanol–water partition coefficient (Wildman–Crippen LogP) is 5.05. The van der Waals surface area contributed by atoms with Crippen LogP contribution in [0.3, 0.4) is 0 Å². The number of rotatable bonds is 3. The van der Waals surface area contributed by atoms with Crippen molar-refractivity contribution in [1.82, 2.24) is 0 Å². The Labute approximate surface area is 163 Å². The van der Waals surface area contributed by atoms with E-state index in [4.69, 9.17) is 26.3 Å². The molecule has 1 unspecified atom stereocenters. The summed E-state index contributed by atoms with van der Waals surface area (Å²) in [6, 6.07) is 15.5. The van der Waals surface area contributed by atoms with Crippen LogP contribution in [0.2, 0.25) is 5.02 Å². The number of fused-ring (bicyclic) bond motifs is 1. The highest BCUT2D eigenvalue weighted by Gasteiger charge is 2.50. The molecule has 0 bridgehead atoms. The van der Waals surface area contributed by atoms with E-state index in [0.29, 0.717) is 55.2 Å². The van der Waals surface area contributed by atoms with Crippen molar-refractivity contribution in [2.45, 2.75) is 31.3 Å². The van der Waals surface area contributed by atoms with Gasteiger partial charge >= 0.3 is 0 Å². The first-order chi connectivity index (χ1) is 13.1. The third-order valence-corrected chi connectivity index (χ3v) is 5.79. The van der Waals surface area contributed by atoms with Crippen molar-refractivity contribution < 1.29 is 14.3 Å². The van der Waals surface area contributed by atoms with Gasteiger partial charge in [0.2, 0.25) is 0 Å².